The molecular weight excluding hydrogens is 228 g/mol. The molecule has 0 aliphatic heterocycles. The lowest BCUT2D eigenvalue weighted by atomic mass is 9.97. The monoisotopic (exact) mass is 242 g/mol. The maximum Gasteiger partial charge on any atom is 0.184 e. The maximum atomic E-state index is 8.79. The number of nitriles is 1. The molecule has 4 nitrogen and oxygen atoms in total. The van der Waals surface area contributed by atoms with Gasteiger partial charge < -0.3 is 9.26 Å². The second kappa shape index (κ2) is 4.53. The first-order valence-electron chi connectivity index (χ1n) is 5.60. The molecule has 0 saturated heterocycles. The second-order valence-corrected chi connectivity index (χ2v) is 4.23. The summed E-state index contributed by atoms with van der Waals surface area (Å²) in [6.45, 7) is 6.02. The van der Waals surface area contributed by atoms with Gasteiger partial charge in [-0.2, -0.15) is 5.26 Å². The molecule has 0 amide bonds. The van der Waals surface area contributed by atoms with Gasteiger partial charge in [-0.1, -0.05) is 11.2 Å². The molecule has 0 bridgehead atoms. The third kappa shape index (κ3) is 1.84. The Bertz CT molecular complexity index is 636. The van der Waals surface area contributed by atoms with Crippen molar-refractivity contribution in [3.63, 3.8) is 0 Å². The summed E-state index contributed by atoms with van der Waals surface area (Å²) < 4.78 is 10.7. The third-order valence-electron chi connectivity index (χ3n) is 3.06. The van der Waals surface area contributed by atoms with Crippen LogP contribution in [0.3, 0.4) is 0 Å². The van der Waals surface area contributed by atoms with E-state index in [-0.39, 0.29) is 5.69 Å². The van der Waals surface area contributed by atoms with Gasteiger partial charge in [0.05, 0.1) is 12.7 Å². The number of hydrogen-bond acceptors (Lipinski definition) is 4. The van der Waals surface area contributed by atoms with Crippen LogP contribution in [0.2, 0.25) is 0 Å². The van der Waals surface area contributed by atoms with Crippen LogP contribution < -0.4 is 4.74 Å². The van der Waals surface area contributed by atoms with Crippen LogP contribution in [0.15, 0.2) is 16.7 Å². The summed E-state index contributed by atoms with van der Waals surface area (Å²) in [5.41, 5.74) is 4.39. The fourth-order valence-corrected chi connectivity index (χ4v) is 2.06. The first-order valence-corrected chi connectivity index (χ1v) is 5.60. The smallest absolute Gasteiger partial charge is 0.184 e. The lowest BCUT2D eigenvalue weighted by Gasteiger charge is -2.14. The summed E-state index contributed by atoms with van der Waals surface area (Å²) in [6, 6.07) is 5.65. The Kier molecular flexibility index (Phi) is 3.07. The highest BCUT2D eigenvalue weighted by Crippen LogP contribution is 2.37. The average molecular weight is 242 g/mol. The minimum Gasteiger partial charge on any atom is -0.496 e. The summed E-state index contributed by atoms with van der Waals surface area (Å²) in [6.07, 6.45) is 0. The van der Waals surface area contributed by atoms with Gasteiger partial charge >= 0.3 is 0 Å². The number of benzene rings is 1. The van der Waals surface area contributed by atoms with E-state index in [1.165, 1.54) is 0 Å². The van der Waals surface area contributed by atoms with Gasteiger partial charge in [-0.25, -0.2) is 0 Å². The lowest BCUT2D eigenvalue weighted by Crippen LogP contribution is -1.96. The molecule has 4 heteroatoms. The Morgan fingerprint density at radius 3 is 2.50 bits per heavy atom. The topological polar surface area (TPSA) is 59.0 Å². The van der Waals surface area contributed by atoms with Gasteiger partial charge in [-0.05, 0) is 37.5 Å². The first kappa shape index (κ1) is 12.2. The molecule has 1 aromatic carbocycles. The fourth-order valence-electron chi connectivity index (χ4n) is 2.06. The zero-order valence-corrected chi connectivity index (χ0v) is 10.9. The van der Waals surface area contributed by atoms with Crippen molar-refractivity contribution in [1.29, 1.82) is 5.26 Å². The van der Waals surface area contributed by atoms with Gasteiger partial charge in [-0.15, -0.1) is 0 Å². The normalized spacial score (nSPS) is 10.2. The first-order chi connectivity index (χ1) is 8.58. The number of ether oxygens (including phenoxy) is 1. The molecule has 0 unspecified atom stereocenters. The van der Waals surface area contributed by atoms with E-state index in [1.54, 1.807) is 13.2 Å². The van der Waals surface area contributed by atoms with Crippen LogP contribution in [-0.4, -0.2) is 12.3 Å². The minimum absolute atomic E-state index is 0.268. The molecule has 1 aromatic heterocycles. The van der Waals surface area contributed by atoms with Crippen LogP contribution in [0, 0.1) is 32.1 Å². The largest absolute Gasteiger partial charge is 0.496 e. The van der Waals surface area contributed by atoms with Crippen molar-refractivity contribution >= 4 is 0 Å². The average Bonchev–Trinajstić information content (AvgIpc) is 2.81. The quantitative estimate of drug-likeness (QED) is 0.811. The van der Waals surface area contributed by atoms with E-state index in [9.17, 15) is 0 Å². The van der Waals surface area contributed by atoms with Gasteiger partial charge in [0.25, 0.3) is 0 Å². The Morgan fingerprint density at radius 1 is 1.22 bits per heavy atom. The van der Waals surface area contributed by atoms with E-state index >= 15 is 0 Å². The zero-order valence-electron chi connectivity index (χ0n) is 10.9. The number of methoxy groups -OCH3 is 1. The standard InChI is InChI=1S/C14H14N2O2/c1-8-5-9(2)13(14(17-4)10(8)3)12-6-11(7-15)16-18-12/h5-6H,1-4H3. The number of aromatic nitrogens is 1. The highest BCUT2D eigenvalue weighted by molar-refractivity contribution is 5.73. The van der Waals surface area contributed by atoms with Crippen molar-refractivity contribution < 1.29 is 9.26 Å². The molecule has 1 heterocycles. The Morgan fingerprint density at radius 2 is 1.94 bits per heavy atom. The molecule has 0 atom stereocenters. The van der Waals surface area contributed by atoms with Crippen molar-refractivity contribution in [1.82, 2.24) is 5.16 Å². The van der Waals surface area contributed by atoms with Crippen molar-refractivity contribution in [2.45, 2.75) is 20.8 Å². The summed E-state index contributed by atoms with van der Waals surface area (Å²) in [5.74, 6) is 1.33. The summed E-state index contributed by atoms with van der Waals surface area (Å²) in [5, 5.41) is 12.5. The van der Waals surface area contributed by atoms with E-state index in [0.717, 1.165) is 28.0 Å². The molecule has 2 rings (SSSR count). The number of rotatable bonds is 2. The molecule has 92 valence electrons. The fraction of sp³-hybridized carbons (Fsp3) is 0.286. The number of aryl methyl sites for hydroxylation is 2. The minimum atomic E-state index is 0.268. The number of nitrogens with zero attached hydrogens (tertiary/aromatic N) is 2. The van der Waals surface area contributed by atoms with Crippen LogP contribution >= 0.6 is 0 Å². The highest BCUT2D eigenvalue weighted by Gasteiger charge is 2.18. The Balaban J connectivity index is 2.70. The maximum absolute atomic E-state index is 8.79. The Hall–Kier alpha value is -2.28. The molecule has 18 heavy (non-hydrogen) atoms. The van der Waals surface area contributed by atoms with Gasteiger partial charge in [0, 0.05) is 6.07 Å². The van der Waals surface area contributed by atoms with Gasteiger partial charge in [0.1, 0.15) is 11.8 Å². The van der Waals surface area contributed by atoms with E-state index in [1.807, 2.05) is 26.8 Å². The van der Waals surface area contributed by atoms with Crippen LogP contribution in [0.1, 0.15) is 22.4 Å². The summed E-state index contributed by atoms with van der Waals surface area (Å²) in [4.78, 5) is 0. The Labute approximate surface area is 106 Å². The van der Waals surface area contributed by atoms with Crippen molar-refractivity contribution in [3.8, 4) is 23.1 Å². The van der Waals surface area contributed by atoms with Crippen molar-refractivity contribution in [2.24, 2.45) is 0 Å². The highest BCUT2D eigenvalue weighted by atomic mass is 16.5. The molecule has 0 fully saturated rings. The van der Waals surface area contributed by atoms with Crippen LogP contribution in [0.4, 0.5) is 0 Å². The van der Waals surface area contributed by atoms with Gasteiger partial charge in [-0.3, -0.25) is 0 Å². The zero-order chi connectivity index (χ0) is 13.3. The molecule has 0 aliphatic carbocycles. The van der Waals surface area contributed by atoms with E-state index in [4.69, 9.17) is 14.5 Å². The lowest BCUT2D eigenvalue weighted by molar-refractivity contribution is 0.402. The molecule has 0 spiro atoms. The molecule has 0 radical (unpaired) electrons. The molecular formula is C14H14N2O2. The van der Waals surface area contributed by atoms with Crippen molar-refractivity contribution in [3.05, 3.63) is 34.5 Å². The molecule has 0 saturated carbocycles. The second-order valence-electron chi connectivity index (χ2n) is 4.23. The predicted molar refractivity (Wildman–Crippen MR) is 67.4 cm³/mol. The molecule has 0 N–H and O–H groups in total. The van der Waals surface area contributed by atoms with Crippen molar-refractivity contribution in [2.75, 3.05) is 7.11 Å². The van der Waals surface area contributed by atoms with Crippen LogP contribution in [-0.2, 0) is 0 Å². The summed E-state index contributed by atoms with van der Waals surface area (Å²) in [7, 11) is 1.63. The summed E-state index contributed by atoms with van der Waals surface area (Å²) >= 11 is 0. The van der Waals surface area contributed by atoms with Gasteiger partial charge in [0.15, 0.2) is 11.5 Å². The predicted octanol–water partition coefficient (Wildman–Crippen LogP) is 3.15. The SMILES string of the molecule is COc1c(C)c(C)cc(C)c1-c1cc(C#N)no1. The van der Waals surface area contributed by atoms with E-state index in [0.29, 0.717) is 5.76 Å². The van der Waals surface area contributed by atoms with E-state index < -0.39 is 0 Å². The van der Waals surface area contributed by atoms with Crippen LogP contribution in [0.5, 0.6) is 5.75 Å². The van der Waals surface area contributed by atoms with Gasteiger partial charge in [0.2, 0.25) is 0 Å². The molecule has 2 aromatic rings. The third-order valence-corrected chi connectivity index (χ3v) is 3.06. The van der Waals surface area contributed by atoms with Crippen LogP contribution in [0.25, 0.3) is 11.3 Å². The van der Waals surface area contributed by atoms with E-state index in [2.05, 4.69) is 11.2 Å². The molecule has 0 aliphatic rings. The number of hydrogen-bond donors (Lipinski definition) is 0.